The van der Waals surface area contributed by atoms with Crippen LogP contribution >= 0.6 is 11.3 Å². The first-order chi connectivity index (χ1) is 16.6. The van der Waals surface area contributed by atoms with Crippen LogP contribution in [0.15, 0.2) is 42.5 Å². The molecule has 1 saturated carbocycles. The number of hydrogen-bond acceptors (Lipinski definition) is 4. The third-order valence-electron chi connectivity index (χ3n) is 6.72. The van der Waals surface area contributed by atoms with Gasteiger partial charge in [0.15, 0.2) is 0 Å². The summed E-state index contributed by atoms with van der Waals surface area (Å²) in [6.07, 6.45) is -1.23. The number of aryl methyl sites for hydroxylation is 1. The molecule has 0 radical (unpaired) electrons. The Morgan fingerprint density at radius 1 is 1.14 bits per heavy atom. The number of rotatable bonds is 9. The van der Waals surface area contributed by atoms with Gasteiger partial charge in [0.2, 0.25) is 0 Å². The molecule has 2 aromatic carbocycles. The number of aromatic nitrogens is 1. The van der Waals surface area contributed by atoms with Crippen LogP contribution in [-0.4, -0.2) is 23.2 Å². The van der Waals surface area contributed by atoms with Crippen LogP contribution in [0.3, 0.4) is 0 Å². The van der Waals surface area contributed by atoms with Crippen molar-refractivity contribution < 1.29 is 27.8 Å². The van der Waals surface area contributed by atoms with E-state index in [1.54, 1.807) is 7.11 Å². The van der Waals surface area contributed by atoms with Crippen LogP contribution in [0, 0.1) is 13.8 Å². The summed E-state index contributed by atoms with van der Waals surface area (Å²) in [5.74, 6) is -0.335. The Bertz CT molecular complexity index is 1220. The Kier molecular flexibility index (Phi) is 7.06. The summed E-state index contributed by atoms with van der Waals surface area (Å²) < 4.78 is 45.3. The van der Waals surface area contributed by atoms with Crippen LogP contribution in [0.25, 0.3) is 10.6 Å². The third-order valence-corrected chi connectivity index (χ3v) is 8.07. The van der Waals surface area contributed by atoms with Crippen LogP contribution in [-0.2, 0) is 21.3 Å². The van der Waals surface area contributed by atoms with Crippen LogP contribution in [0.1, 0.15) is 70.8 Å². The number of alkyl halides is 3. The maximum atomic E-state index is 13.0. The molecule has 1 atom stereocenters. The average Bonchev–Trinajstić information content (AvgIpc) is 3.58. The molecule has 0 amide bonds. The molecule has 4 rings (SSSR count). The smallest absolute Gasteiger partial charge is 0.416 e. The zero-order chi connectivity index (χ0) is 25.4. The average molecular weight is 504 g/mol. The van der Waals surface area contributed by atoms with Crippen molar-refractivity contribution in [2.45, 2.75) is 63.6 Å². The first-order valence-electron chi connectivity index (χ1n) is 11.6. The lowest BCUT2D eigenvalue weighted by molar-refractivity contribution is -0.138. The van der Waals surface area contributed by atoms with Crippen LogP contribution in [0.4, 0.5) is 13.2 Å². The van der Waals surface area contributed by atoms with Gasteiger partial charge in [0.25, 0.3) is 0 Å². The quantitative estimate of drug-likeness (QED) is 0.329. The number of aliphatic carboxylic acids is 1. The summed E-state index contributed by atoms with van der Waals surface area (Å²) in [4.78, 5) is 16.8. The van der Waals surface area contributed by atoms with Crippen molar-refractivity contribution in [3.8, 4) is 10.6 Å². The molecule has 1 heterocycles. The van der Waals surface area contributed by atoms with E-state index < -0.39 is 23.3 Å². The van der Waals surface area contributed by atoms with Gasteiger partial charge in [-0.05, 0) is 74.3 Å². The predicted molar refractivity (Wildman–Crippen MR) is 130 cm³/mol. The fraction of sp³-hybridized carbons (Fsp3) is 0.407. The summed E-state index contributed by atoms with van der Waals surface area (Å²) in [5, 5.41) is 9.86. The van der Waals surface area contributed by atoms with Gasteiger partial charge in [-0.3, -0.25) is 4.79 Å². The summed E-state index contributed by atoms with van der Waals surface area (Å²) in [6.45, 7) is 3.95. The van der Waals surface area contributed by atoms with Crippen LogP contribution < -0.4 is 0 Å². The van der Waals surface area contributed by atoms with Crippen molar-refractivity contribution in [1.29, 1.82) is 0 Å². The van der Waals surface area contributed by atoms with E-state index in [9.17, 15) is 23.1 Å². The monoisotopic (exact) mass is 503 g/mol. The minimum atomic E-state index is -4.40. The highest BCUT2D eigenvalue weighted by Gasteiger charge is 2.40. The molecule has 0 spiro atoms. The number of thiazole rings is 1. The SMILES string of the molecule is COC(CCCC(=O)O)(c1cccc(C2CC2)c1C)c1sc(-c2ccc(C(F)(F)F)cc2)nc1C. The van der Waals surface area contributed by atoms with Gasteiger partial charge in [0.05, 0.1) is 16.1 Å². The number of carbonyl (C=O) groups is 1. The molecule has 1 fully saturated rings. The van der Waals surface area contributed by atoms with Crippen molar-refractivity contribution in [3.05, 3.63) is 75.3 Å². The van der Waals surface area contributed by atoms with E-state index in [4.69, 9.17) is 9.72 Å². The number of halogens is 3. The lowest BCUT2D eigenvalue weighted by Gasteiger charge is -2.34. The molecule has 0 saturated heterocycles. The number of carboxylic acids is 1. The van der Waals surface area contributed by atoms with Crippen molar-refractivity contribution in [2.24, 2.45) is 0 Å². The highest BCUT2D eigenvalue weighted by atomic mass is 32.1. The second-order valence-electron chi connectivity index (χ2n) is 9.08. The molecule has 35 heavy (non-hydrogen) atoms. The molecule has 0 bridgehead atoms. The Hall–Kier alpha value is -2.71. The second kappa shape index (κ2) is 9.74. The number of benzene rings is 2. The second-order valence-corrected chi connectivity index (χ2v) is 10.1. The first kappa shape index (κ1) is 25.4. The highest BCUT2D eigenvalue weighted by molar-refractivity contribution is 7.15. The van der Waals surface area contributed by atoms with Gasteiger partial charge in [-0.15, -0.1) is 11.3 Å². The molecule has 1 N–H and O–H groups in total. The number of hydrogen-bond donors (Lipinski definition) is 1. The summed E-state index contributed by atoms with van der Waals surface area (Å²) in [5.41, 5.74) is 3.11. The Balaban J connectivity index is 1.80. The van der Waals surface area contributed by atoms with Crippen LogP contribution in [0.2, 0.25) is 0 Å². The van der Waals surface area contributed by atoms with Crippen molar-refractivity contribution in [2.75, 3.05) is 7.11 Å². The summed E-state index contributed by atoms with van der Waals surface area (Å²) in [7, 11) is 1.63. The number of ether oxygens (including phenoxy) is 1. The molecule has 186 valence electrons. The van der Waals surface area contributed by atoms with Gasteiger partial charge >= 0.3 is 12.1 Å². The normalized spacial score (nSPS) is 15.7. The van der Waals surface area contributed by atoms with Crippen molar-refractivity contribution in [1.82, 2.24) is 4.98 Å². The molecule has 8 heteroatoms. The van der Waals surface area contributed by atoms with Gasteiger partial charge in [-0.2, -0.15) is 13.2 Å². The minimum absolute atomic E-state index is 0.0100. The molecular weight excluding hydrogens is 475 g/mol. The third kappa shape index (κ3) is 5.14. The molecule has 1 aliphatic carbocycles. The van der Waals surface area contributed by atoms with Gasteiger partial charge < -0.3 is 9.84 Å². The lowest BCUT2D eigenvalue weighted by atomic mass is 9.81. The lowest BCUT2D eigenvalue weighted by Crippen LogP contribution is -2.31. The highest BCUT2D eigenvalue weighted by Crippen LogP contribution is 2.49. The largest absolute Gasteiger partial charge is 0.481 e. The minimum Gasteiger partial charge on any atom is -0.481 e. The topological polar surface area (TPSA) is 59.4 Å². The maximum absolute atomic E-state index is 13.0. The van der Waals surface area contributed by atoms with E-state index in [-0.39, 0.29) is 6.42 Å². The number of methoxy groups -OCH3 is 1. The zero-order valence-electron chi connectivity index (χ0n) is 19.9. The van der Waals surface area contributed by atoms with E-state index in [0.717, 1.165) is 46.7 Å². The van der Waals surface area contributed by atoms with E-state index in [2.05, 4.69) is 13.0 Å². The fourth-order valence-corrected chi connectivity index (χ4v) is 6.07. The van der Waals surface area contributed by atoms with Crippen LogP contribution in [0.5, 0.6) is 0 Å². The fourth-order valence-electron chi connectivity index (χ4n) is 4.79. The molecule has 1 aliphatic rings. The van der Waals surface area contributed by atoms with E-state index in [1.165, 1.54) is 29.0 Å². The Labute approximate surface area is 206 Å². The van der Waals surface area contributed by atoms with Gasteiger partial charge in [0.1, 0.15) is 10.6 Å². The van der Waals surface area contributed by atoms with Gasteiger partial charge in [-0.25, -0.2) is 4.98 Å². The predicted octanol–water partition coefficient (Wildman–Crippen LogP) is 7.47. The molecule has 0 aliphatic heterocycles. The maximum Gasteiger partial charge on any atom is 0.416 e. The zero-order valence-corrected chi connectivity index (χ0v) is 20.7. The van der Waals surface area contributed by atoms with Gasteiger partial charge in [0, 0.05) is 19.1 Å². The Morgan fingerprint density at radius 2 is 1.83 bits per heavy atom. The number of carboxylic acid groups (broad SMARTS) is 1. The van der Waals surface area contributed by atoms with E-state index >= 15 is 0 Å². The standard InChI is InChI=1S/C27H28F3NO3S/c1-16-21(18-9-10-18)6-4-7-22(16)26(34-3,15-5-8-23(32)33)24-17(2)31-25(35-24)19-11-13-20(14-12-19)27(28,29)30/h4,6-7,11-14,18H,5,8-10,15H2,1-3H3,(H,32,33). The first-order valence-corrected chi connectivity index (χ1v) is 12.4. The van der Waals surface area contributed by atoms with Gasteiger partial charge in [-0.1, -0.05) is 30.3 Å². The molecule has 1 unspecified atom stereocenters. The summed E-state index contributed by atoms with van der Waals surface area (Å²) in [6, 6.07) is 11.2. The van der Waals surface area contributed by atoms with E-state index in [1.807, 2.05) is 19.1 Å². The summed E-state index contributed by atoms with van der Waals surface area (Å²) >= 11 is 1.38. The van der Waals surface area contributed by atoms with Crippen molar-refractivity contribution in [3.63, 3.8) is 0 Å². The molecular formula is C27H28F3NO3S. The van der Waals surface area contributed by atoms with E-state index in [0.29, 0.717) is 29.3 Å². The number of nitrogens with zero attached hydrogens (tertiary/aromatic N) is 1. The molecule has 3 aromatic rings. The van der Waals surface area contributed by atoms with Crippen molar-refractivity contribution >= 4 is 17.3 Å². The Morgan fingerprint density at radius 3 is 2.40 bits per heavy atom. The molecule has 4 nitrogen and oxygen atoms in total. The molecule has 1 aromatic heterocycles.